The zero-order chi connectivity index (χ0) is 13.8. The molecule has 1 N–H and O–H groups in total. The molecule has 4 nitrogen and oxygen atoms in total. The van der Waals surface area contributed by atoms with Crippen molar-refractivity contribution in [1.82, 2.24) is 10.2 Å². The van der Waals surface area contributed by atoms with Crippen molar-refractivity contribution in [1.29, 1.82) is 0 Å². The van der Waals surface area contributed by atoms with Crippen LogP contribution in [0.2, 0.25) is 0 Å². The highest BCUT2D eigenvalue weighted by molar-refractivity contribution is 5.94. The average Bonchev–Trinajstić information content (AvgIpc) is 2.39. The Morgan fingerprint density at radius 3 is 2.26 bits per heavy atom. The maximum Gasteiger partial charge on any atom is 0.251 e. The molecule has 1 aliphatic heterocycles. The number of hydrogen-bond acceptors (Lipinski definition) is 3. The van der Waals surface area contributed by atoms with Crippen LogP contribution in [0.5, 0.6) is 0 Å². The molecule has 0 aromatic heterocycles. The van der Waals surface area contributed by atoms with Gasteiger partial charge in [0.25, 0.3) is 5.91 Å². The average molecular weight is 263 g/mol. The maximum atomic E-state index is 11.9. The third kappa shape index (κ3) is 3.70. The summed E-state index contributed by atoms with van der Waals surface area (Å²) in [5, 5.41) is 2.90. The van der Waals surface area contributed by atoms with Gasteiger partial charge in [-0.2, -0.15) is 0 Å². The number of piperazine rings is 1. The summed E-state index contributed by atoms with van der Waals surface area (Å²) in [5.41, 5.74) is 1.93. The fraction of sp³-hybridized carbons (Fsp3) is 0.533. The number of carbonyl (C=O) groups is 1. The molecule has 0 atom stereocenters. The van der Waals surface area contributed by atoms with Gasteiger partial charge in [0.2, 0.25) is 0 Å². The minimum atomic E-state index is -0.0000671. The number of anilines is 1. The molecule has 1 heterocycles. The van der Waals surface area contributed by atoms with Crippen molar-refractivity contribution in [2.45, 2.75) is 19.9 Å². The molecule has 1 saturated heterocycles. The predicted molar refractivity (Wildman–Crippen MR) is 80.9 cm³/mol. The van der Waals surface area contributed by atoms with Crippen LogP contribution in [0, 0.1) is 0 Å². The van der Waals surface area contributed by atoms with E-state index < -0.39 is 0 Å². The third-order valence-electron chi connectivity index (χ3n) is 3.42. The number of amides is 1. The number of likely N-dealkylation sites (N-methyl/N-ethyl adjacent to an activating group) is 1. The Morgan fingerprint density at radius 2 is 1.74 bits per heavy atom. The lowest BCUT2D eigenvalue weighted by atomic mass is 10.1. The summed E-state index contributed by atoms with van der Waals surface area (Å²) in [4.78, 5) is 16.6. The summed E-state index contributed by atoms with van der Waals surface area (Å²) >= 11 is 0. The smallest absolute Gasteiger partial charge is 0.251 e. The van der Waals surface area contributed by atoms with Crippen LogP contribution in [-0.4, -0.2) is 50.1 Å². The number of benzene rings is 1. The van der Waals surface area contributed by atoms with Gasteiger partial charge in [-0.05, 0) is 45.2 Å². The van der Waals surface area contributed by atoms with Crippen molar-refractivity contribution in [3.8, 4) is 0 Å². The summed E-state index contributed by atoms with van der Waals surface area (Å²) in [6, 6.07) is 8.07. The van der Waals surface area contributed by atoms with Gasteiger partial charge in [0, 0.05) is 44.9 Å². The molecular formula is C15H25N3O. The Hall–Kier alpha value is -1.55. The van der Waals surface area contributed by atoms with Crippen molar-refractivity contribution in [2.75, 3.05) is 38.1 Å². The monoisotopic (exact) mass is 263 g/mol. The SMILES string of the molecule is CC(C)NC(=O)c1ccc(N2CCN(C)CC2)cc1.[HH]. The van der Waals surface area contributed by atoms with Crippen LogP contribution < -0.4 is 10.2 Å². The number of carbonyl (C=O) groups excluding carboxylic acids is 1. The van der Waals surface area contributed by atoms with Gasteiger partial charge in [0.05, 0.1) is 0 Å². The van der Waals surface area contributed by atoms with Gasteiger partial charge in [-0.15, -0.1) is 0 Å². The molecule has 0 bridgehead atoms. The van der Waals surface area contributed by atoms with Crippen LogP contribution in [0.4, 0.5) is 5.69 Å². The van der Waals surface area contributed by atoms with Crippen molar-refractivity contribution >= 4 is 11.6 Å². The van der Waals surface area contributed by atoms with E-state index in [1.54, 1.807) is 0 Å². The first-order valence-electron chi connectivity index (χ1n) is 6.90. The molecule has 0 spiro atoms. The van der Waals surface area contributed by atoms with E-state index in [1.807, 2.05) is 38.1 Å². The fourth-order valence-corrected chi connectivity index (χ4v) is 2.23. The van der Waals surface area contributed by atoms with Crippen LogP contribution in [0.15, 0.2) is 24.3 Å². The Morgan fingerprint density at radius 1 is 1.16 bits per heavy atom. The Balaban J connectivity index is 0.00000200. The Bertz CT molecular complexity index is 425. The zero-order valence-electron chi connectivity index (χ0n) is 12.0. The molecule has 1 aromatic carbocycles. The van der Waals surface area contributed by atoms with Gasteiger partial charge in [0.1, 0.15) is 0 Å². The molecular weight excluding hydrogens is 238 g/mol. The number of rotatable bonds is 3. The first kappa shape index (κ1) is 13.9. The first-order chi connectivity index (χ1) is 9.06. The van der Waals surface area contributed by atoms with Crippen molar-refractivity contribution in [2.24, 2.45) is 0 Å². The highest BCUT2D eigenvalue weighted by Crippen LogP contribution is 2.17. The van der Waals surface area contributed by atoms with Gasteiger partial charge in [-0.3, -0.25) is 4.79 Å². The van der Waals surface area contributed by atoms with E-state index in [1.165, 1.54) is 5.69 Å². The summed E-state index contributed by atoms with van der Waals surface area (Å²) in [5.74, 6) is -0.0000671. The normalized spacial score (nSPS) is 16.7. The van der Waals surface area contributed by atoms with Gasteiger partial charge in [0.15, 0.2) is 0 Å². The van der Waals surface area contributed by atoms with Crippen LogP contribution >= 0.6 is 0 Å². The quantitative estimate of drug-likeness (QED) is 0.903. The molecule has 1 aromatic rings. The first-order valence-corrected chi connectivity index (χ1v) is 6.90. The number of nitrogens with zero attached hydrogens (tertiary/aromatic N) is 2. The molecule has 0 unspecified atom stereocenters. The summed E-state index contributed by atoms with van der Waals surface area (Å²) in [7, 11) is 2.15. The van der Waals surface area contributed by atoms with E-state index in [0.29, 0.717) is 0 Å². The Labute approximate surface area is 116 Å². The molecule has 2 rings (SSSR count). The maximum absolute atomic E-state index is 11.9. The molecule has 0 radical (unpaired) electrons. The predicted octanol–water partition coefficient (Wildman–Crippen LogP) is 1.82. The summed E-state index contributed by atoms with van der Waals surface area (Å²) in [6.07, 6.45) is 0. The van der Waals surface area contributed by atoms with Crippen molar-refractivity contribution < 1.29 is 6.22 Å². The molecule has 0 aliphatic carbocycles. The highest BCUT2D eigenvalue weighted by Gasteiger charge is 2.14. The molecule has 106 valence electrons. The summed E-state index contributed by atoms with van der Waals surface area (Å²) in [6.45, 7) is 8.22. The molecule has 19 heavy (non-hydrogen) atoms. The minimum absolute atomic E-state index is 0. The topological polar surface area (TPSA) is 35.6 Å². The van der Waals surface area contributed by atoms with Crippen LogP contribution in [0.3, 0.4) is 0 Å². The Kier molecular flexibility index (Phi) is 4.43. The minimum Gasteiger partial charge on any atom is -0.369 e. The standard InChI is InChI=1S/C15H23N3O.H2/c1-12(2)16-15(19)13-4-6-14(7-5-13)18-10-8-17(3)9-11-18;/h4-7,12H,8-11H2,1-3H3,(H,16,19);1H. The van der Waals surface area contributed by atoms with Gasteiger partial charge in [-0.25, -0.2) is 0 Å². The lowest BCUT2D eigenvalue weighted by Gasteiger charge is -2.34. The summed E-state index contributed by atoms with van der Waals surface area (Å²) < 4.78 is 0. The van der Waals surface area contributed by atoms with Crippen LogP contribution in [-0.2, 0) is 0 Å². The van der Waals surface area contributed by atoms with Gasteiger partial charge >= 0.3 is 0 Å². The highest BCUT2D eigenvalue weighted by atomic mass is 16.1. The third-order valence-corrected chi connectivity index (χ3v) is 3.42. The van der Waals surface area contributed by atoms with Gasteiger partial charge in [-0.1, -0.05) is 0 Å². The van der Waals surface area contributed by atoms with Gasteiger partial charge < -0.3 is 15.1 Å². The van der Waals surface area contributed by atoms with E-state index in [-0.39, 0.29) is 13.4 Å². The van der Waals surface area contributed by atoms with E-state index >= 15 is 0 Å². The van der Waals surface area contributed by atoms with Crippen molar-refractivity contribution in [3.05, 3.63) is 29.8 Å². The lowest BCUT2D eigenvalue weighted by Crippen LogP contribution is -2.44. The lowest BCUT2D eigenvalue weighted by molar-refractivity contribution is 0.0943. The van der Waals surface area contributed by atoms with E-state index in [9.17, 15) is 4.79 Å². The second-order valence-electron chi connectivity index (χ2n) is 5.47. The zero-order valence-corrected chi connectivity index (χ0v) is 12.0. The number of nitrogens with one attached hydrogen (secondary N) is 1. The van der Waals surface area contributed by atoms with E-state index in [0.717, 1.165) is 31.7 Å². The molecule has 4 heteroatoms. The van der Waals surface area contributed by atoms with E-state index in [2.05, 4.69) is 22.2 Å². The fourth-order valence-electron chi connectivity index (χ4n) is 2.23. The van der Waals surface area contributed by atoms with E-state index in [4.69, 9.17) is 0 Å². The van der Waals surface area contributed by atoms with Crippen LogP contribution in [0.25, 0.3) is 0 Å². The molecule has 1 fully saturated rings. The van der Waals surface area contributed by atoms with Crippen molar-refractivity contribution in [3.63, 3.8) is 0 Å². The van der Waals surface area contributed by atoms with Crippen LogP contribution in [0.1, 0.15) is 25.6 Å². The molecule has 1 amide bonds. The second-order valence-corrected chi connectivity index (χ2v) is 5.47. The number of hydrogen-bond donors (Lipinski definition) is 1. The molecule has 0 saturated carbocycles. The second kappa shape index (κ2) is 6.06. The molecule has 1 aliphatic rings. The largest absolute Gasteiger partial charge is 0.369 e.